The van der Waals surface area contributed by atoms with Crippen LogP contribution in [0.4, 0.5) is 0 Å². The van der Waals surface area contributed by atoms with Gasteiger partial charge < -0.3 is 5.11 Å². The molecule has 0 aliphatic rings. The molecule has 0 radical (unpaired) electrons. The third kappa shape index (κ3) is 2.93. The standard InChI is InChI=1S/C19H18N2O3/c1-2-3-6-15-17(16-7-4-5-12-21(16)20-15)18(22)13-8-10-14(11-9-13)19(23)24/h4-5,7-12H,2-3,6H2,1H3,(H,23,24). The summed E-state index contributed by atoms with van der Waals surface area (Å²) in [7, 11) is 0. The SMILES string of the molecule is CCCCc1nn2ccccc2c1C(=O)c1ccc(C(=O)O)cc1. The summed E-state index contributed by atoms with van der Waals surface area (Å²) in [6.07, 6.45) is 4.55. The zero-order chi connectivity index (χ0) is 17.1. The molecule has 2 aromatic heterocycles. The average Bonchev–Trinajstić information content (AvgIpc) is 2.97. The van der Waals surface area contributed by atoms with Gasteiger partial charge in [-0.3, -0.25) is 4.79 Å². The molecule has 5 nitrogen and oxygen atoms in total. The molecule has 0 saturated heterocycles. The summed E-state index contributed by atoms with van der Waals surface area (Å²) in [5, 5.41) is 13.5. The van der Waals surface area contributed by atoms with E-state index < -0.39 is 5.97 Å². The quantitative estimate of drug-likeness (QED) is 0.704. The topological polar surface area (TPSA) is 71.7 Å². The highest BCUT2D eigenvalue weighted by Crippen LogP contribution is 2.22. The minimum Gasteiger partial charge on any atom is -0.478 e. The number of aromatic nitrogens is 2. The number of rotatable bonds is 6. The molecule has 0 aliphatic carbocycles. The first-order valence-corrected chi connectivity index (χ1v) is 7.96. The summed E-state index contributed by atoms with van der Waals surface area (Å²) >= 11 is 0. The van der Waals surface area contributed by atoms with Gasteiger partial charge in [-0.1, -0.05) is 31.5 Å². The summed E-state index contributed by atoms with van der Waals surface area (Å²) in [6, 6.07) is 11.6. The Labute approximate surface area is 139 Å². The number of aryl methyl sites for hydroxylation is 1. The largest absolute Gasteiger partial charge is 0.478 e. The maximum absolute atomic E-state index is 13.0. The molecule has 5 heteroatoms. The highest BCUT2D eigenvalue weighted by atomic mass is 16.4. The molecule has 122 valence electrons. The molecule has 0 amide bonds. The molecule has 0 aliphatic heterocycles. The van der Waals surface area contributed by atoms with Crippen molar-refractivity contribution in [2.45, 2.75) is 26.2 Å². The number of hydrogen-bond donors (Lipinski definition) is 1. The fourth-order valence-electron chi connectivity index (χ4n) is 2.72. The molecule has 3 aromatic rings. The summed E-state index contributed by atoms with van der Waals surface area (Å²) < 4.78 is 1.73. The smallest absolute Gasteiger partial charge is 0.335 e. The molecule has 24 heavy (non-hydrogen) atoms. The number of unbranched alkanes of at least 4 members (excludes halogenated alkanes) is 1. The number of carboxylic acids is 1. The molecule has 0 saturated carbocycles. The minimum atomic E-state index is -1.01. The van der Waals surface area contributed by atoms with E-state index in [4.69, 9.17) is 5.11 Å². The first-order chi connectivity index (χ1) is 11.6. The monoisotopic (exact) mass is 322 g/mol. The van der Waals surface area contributed by atoms with E-state index in [1.54, 1.807) is 16.6 Å². The zero-order valence-electron chi connectivity index (χ0n) is 13.4. The van der Waals surface area contributed by atoms with Gasteiger partial charge in [-0.2, -0.15) is 5.10 Å². The van der Waals surface area contributed by atoms with Crippen LogP contribution in [-0.4, -0.2) is 26.5 Å². The van der Waals surface area contributed by atoms with E-state index in [0.717, 1.165) is 30.5 Å². The Morgan fingerprint density at radius 1 is 1.08 bits per heavy atom. The number of nitrogens with zero attached hydrogens (tertiary/aromatic N) is 2. The van der Waals surface area contributed by atoms with Crippen LogP contribution in [0.25, 0.3) is 5.52 Å². The lowest BCUT2D eigenvalue weighted by molar-refractivity contribution is 0.0696. The number of benzene rings is 1. The van der Waals surface area contributed by atoms with Crippen molar-refractivity contribution in [3.05, 3.63) is 71.0 Å². The highest BCUT2D eigenvalue weighted by molar-refractivity contribution is 6.14. The lowest BCUT2D eigenvalue weighted by Crippen LogP contribution is -2.05. The van der Waals surface area contributed by atoms with Crippen molar-refractivity contribution >= 4 is 17.3 Å². The van der Waals surface area contributed by atoms with Crippen molar-refractivity contribution in [2.24, 2.45) is 0 Å². The number of ketones is 1. The van der Waals surface area contributed by atoms with Crippen LogP contribution in [-0.2, 0) is 6.42 Å². The molecule has 0 bridgehead atoms. The van der Waals surface area contributed by atoms with Crippen LogP contribution < -0.4 is 0 Å². The number of aromatic carboxylic acids is 1. The van der Waals surface area contributed by atoms with Crippen LogP contribution in [0, 0.1) is 0 Å². The van der Waals surface area contributed by atoms with Crippen LogP contribution >= 0.6 is 0 Å². The van der Waals surface area contributed by atoms with Gasteiger partial charge in [-0.25, -0.2) is 9.31 Å². The molecule has 0 unspecified atom stereocenters. The van der Waals surface area contributed by atoms with E-state index in [-0.39, 0.29) is 11.3 Å². The van der Waals surface area contributed by atoms with Gasteiger partial charge in [0.25, 0.3) is 0 Å². The summed E-state index contributed by atoms with van der Waals surface area (Å²) in [6.45, 7) is 2.10. The second-order valence-corrected chi connectivity index (χ2v) is 5.67. The van der Waals surface area contributed by atoms with Gasteiger partial charge in [0, 0.05) is 11.8 Å². The number of carbonyl (C=O) groups is 2. The van der Waals surface area contributed by atoms with Gasteiger partial charge >= 0.3 is 5.97 Å². The average molecular weight is 322 g/mol. The van der Waals surface area contributed by atoms with Gasteiger partial charge in [-0.15, -0.1) is 0 Å². The molecular formula is C19H18N2O3. The Hall–Kier alpha value is -2.95. The van der Waals surface area contributed by atoms with Crippen molar-refractivity contribution in [3.63, 3.8) is 0 Å². The van der Waals surface area contributed by atoms with Crippen molar-refractivity contribution in [1.82, 2.24) is 9.61 Å². The Balaban J connectivity index is 2.06. The van der Waals surface area contributed by atoms with E-state index in [1.165, 1.54) is 12.1 Å². The maximum atomic E-state index is 13.0. The Morgan fingerprint density at radius 2 is 1.79 bits per heavy atom. The fraction of sp³-hybridized carbons (Fsp3) is 0.211. The van der Waals surface area contributed by atoms with Crippen molar-refractivity contribution in [1.29, 1.82) is 0 Å². The number of fused-ring (bicyclic) bond motifs is 1. The minimum absolute atomic E-state index is 0.126. The third-order valence-corrected chi connectivity index (χ3v) is 4.00. The molecule has 2 heterocycles. The lowest BCUT2D eigenvalue weighted by atomic mass is 9.99. The van der Waals surface area contributed by atoms with E-state index >= 15 is 0 Å². The van der Waals surface area contributed by atoms with E-state index in [0.29, 0.717) is 11.1 Å². The highest BCUT2D eigenvalue weighted by Gasteiger charge is 2.20. The zero-order valence-corrected chi connectivity index (χ0v) is 13.4. The molecular weight excluding hydrogens is 304 g/mol. The van der Waals surface area contributed by atoms with Gasteiger partial charge in [0.15, 0.2) is 5.78 Å². The van der Waals surface area contributed by atoms with E-state index in [9.17, 15) is 9.59 Å². The van der Waals surface area contributed by atoms with Crippen LogP contribution in [0.1, 0.15) is 51.7 Å². The fourth-order valence-corrected chi connectivity index (χ4v) is 2.72. The molecule has 1 aromatic carbocycles. The van der Waals surface area contributed by atoms with Gasteiger partial charge in [-0.05, 0) is 37.1 Å². The lowest BCUT2D eigenvalue weighted by Gasteiger charge is -2.03. The second-order valence-electron chi connectivity index (χ2n) is 5.67. The normalized spacial score (nSPS) is 10.9. The molecule has 0 spiro atoms. The van der Waals surface area contributed by atoms with Crippen molar-refractivity contribution in [2.75, 3.05) is 0 Å². The van der Waals surface area contributed by atoms with Crippen LogP contribution in [0.5, 0.6) is 0 Å². The van der Waals surface area contributed by atoms with Crippen molar-refractivity contribution < 1.29 is 14.7 Å². The van der Waals surface area contributed by atoms with Gasteiger partial charge in [0.2, 0.25) is 0 Å². The Kier molecular flexibility index (Phi) is 4.42. The number of carboxylic acid groups (broad SMARTS) is 1. The Morgan fingerprint density at radius 3 is 2.46 bits per heavy atom. The summed E-state index contributed by atoms with van der Waals surface area (Å²) in [5.74, 6) is -1.13. The molecule has 1 N–H and O–H groups in total. The molecule has 0 atom stereocenters. The number of pyridine rings is 1. The van der Waals surface area contributed by atoms with Gasteiger partial charge in [0.1, 0.15) is 0 Å². The number of hydrogen-bond acceptors (Lipinski definition) is 3. The summed E-state index contributed by atoms with van der Waals surface area (Å²) in [4.78, 5) is 23.9. The second kappa shape index (κ2) is 6.66. The third-order valence-electron chi connectivity index (χ3n) is 4.00. The van der Waals surface area contributed by atoms with E-state index in [1.807, 2.05) is 24.4 Å². The first kappa shape index (κ1) is 15.9. The van der Waals surface area contributed by atoms with Crippen LogP contribution in [0.15, 0.2) is 48.7 Å². The predicted molar refractivity (Wildman–Crippen MR) is 90.6 cm³/mol. The molecule has 0 fully saturated rings. The van der Waals surface area contributed by atoms with Crippen molar-refractivity contribution in [3.8, 4) is 0 Å². The van der Waals surface area contributed by atoms with Crippen LogP contribution in [0.2, 0.25) is 0 Å². The number of carbonyl (C=O) groups excluding carboxylic acids is 1. The predicted octanol–water partition coefficient (Wildman–Crippen LogP) is 3.61. The Bertz CT molecular complexity index is 895. The van der Waals surface area contributed by atoms with Gasteiger partial charge in [0.05, 0.1) is 22.3 Å². The first-order valence-electron chi connectivity index (χ1n) is 7.96. The van der Waals surface area contributed by atoms with E-state index in [2.05, 4.69) is 12.0 Å². The summed E-state index contributed by atoms with van der Waals surface area (Å²) in [5.41, 5.74) is 2.80. The van der Waals surface area contributed by atoms with Crippen LogP contribution in [0.3, 0.4) is 0 Å². The molecule has 3 rings (SSSR count). The maximum Gasteiger partial charge on any atom is 0.335 e.